The van der Waals surface area contributed by atoms with Gasteiger partial charge in [0.2, 0.25) is 0 Å². The monoisotopic (exact) mass is 340 g/mol. The maximum Gasteiger partial charge on any atom is 0.170 e. The van der Waals surface area contributed by atoms with Gasteiger partial charge < -0.3 is 10.6 Å². The number of hydrogen-bond donors (Lipinski definition) is 2. The van der Waals surface area contributed by atoms with Crippen molar-refractivity contribution < 1.29 is 8.78 Å². The number of nitrogens with one attached hydrogen (secondary N) is 2. The van der Waals surface area contributed by atoms with Gasteiger partial charge in [0.15, 0.2) is 5.11 Å². The first kappa shape index (κ1) is 16.6. The fraction of sp³-hybridized carbons (Fsp3) is 0.188. The summed E-state index contributed by atoms with van der Waals surface area (Å²) >= 11 is 10.9. The van der Waals surface area contributed by atoms with Crippen molar-refractivity contribution in [3.63, 3.8) is 0 Å². The third kappa shape index (κ3) is 4.93. The van der Waals surface area contributed by atoms with Gasteiger partial charge in [0.25, 0.3) is 0 Å². The van der Waals surface area contributed by atoms with E-state index in [1.807, 2.05) is 6.92 Å². The van der Waals surface area contributed by atoms with Crippen molar-refractivity contribution in [2.45, 2.75) is 19.4 Å². The first-order chi connectivity index (χ1) is 10.4. The highest BCUT2D eigenvalue weighted by atomic mass is 35.5. The Kier molecular flexibility index (Phi) is 5.69. The Bertz CT molecular complexity index is 662. The molecule has 0 saturated heterocycles. The lowest BCUT2D eigenvalue weighted by Gasteiger charge is -2.17. The van der Waals surface area contributed by atoms with Crippen molar-refractivity contribution >= 4 is 34.6 Å². The lowest BCUT2D eigenvalue weighted by Crippen LogP contribution is -2.37. The Balaban J connectivity index is 1.88. The van der Waals surface area contributed by atoms with Crippen LogP contribution < -0.4 is 10.6 Å². The van der Waals surface area contributed by atoms with Crippen LogP contribution in [0.5, 0.6) is 0 Å². The van der Waals surface area contributed by atoms with Crippen LogP contribution >= 0.6 is 23.8 Å². The number of anilines is 1. The van der Waals surface area contributed by atoms with Crippen molar-refractivity contribution in [1.82, 2.24) is 5.32 Å². The molecule has 2 nitrogen and oxygen atoms in total. The molecule has 0 amide bonds. The summed E-state index contributed by atoms with van der Waals surface area (Å²) in [6.45, 7) is 1.97. The van der Waals surface area contributed by atoms with Crippen LogP contribution in [0.4, 0.5) is 14.5 Å². The van der Waals surface area contributed by atoms with Crippen molar-refractivity contribution in [3.8, 4) is 0 Å². The molecule has 0 unspecified atom stereocenters. The summed E-state index contributed by atoms with van der Waals surface area (Å²) in [7, 11) is 0. The number of rotatable bonds is 4. The summed E-state index contributed by atoms with van der Waals surface area (Å²) in [5.41, 5.74) is 1.62. The molecule has 0 aliphatic heterocycles. The molecule has 1 atom stereocenters. The smallest absolute Gasteiger partial charge is 0.170 e. The minimum Gasteiger partial charge on any atom is -0.360 e. The fourth-order valence-corrected chi connectivity index (χ4v) is 2.49. The lowest BCUT2D eigenvalue weighted by molar-refractivity contribution is 0.623. The Morgan fingerprint density at radius 3 is 2.50 bits per heavy atom. The summed E-state index contributed by atoms with van der Waals surface area (Å²) in [5, 5.41) is 6.51. The molecule has 0 spiro atoms. The van der Waals surface area contributed by atoms with Gasteiger partial charge in [-0.1, -0.05) is 23.7 Å². The van der Waals surface area contributed by atoms with Gasteiger partial charge >= 0.3 is 0 Å². The predicted molar refractivity (Wildman–Crippen MR) is 90.3 cm³/mol. The summed E-state index contributed by atoms with van der Waals surface area (Å²) < 4.78 is 25.9. The van der Waals surface area contributed by atoms with Crippen LogP contribution in [-0.2, 0) is 6.42 Å². The first-order valence-corrected chi connectivity index (χ1v) is 7.49. The highest BCUT2D eigenvalue weighted by Gasteiger charge is 2.07. The van der Waals surface area contributed by atoms with Crippen LogP contribution in [0.15, 0.2) is 42.5 Å². The van der Waals surface area contributed by atoms with E-state index in [9.17, 15) is 8.78 Å². The molecule has 2 aromatic rings. The molecule has 0 radical (unpaired) electrons. The van der Waals surface area contributed by atoms with Gasteiger partial charge in [0, 0.05) is 11.7 Å². The molecule has 116 valence electrons. The number of halogens is 3. The molecule has 2 rings (SSSR count). The molecular formula is C16H15ClF2N2S. The van der Waals surface area contributed by atoms with E-state index in [1.165, 1.54) is 24.3 Å². The van der Waals surface area contributed by atoms with E-state index < -0.39 is 5.82 Å². The van der Waals surface area contributed by atoms with Crippen molar-refractivity contribution in [3.05, 3.63) is 64.7 Å². The SMILES string of the molecule is C[C@H](Cc1ccc(F)cc1)NC(=S)Nc1ccc(F)c(Cl)c1. The second-order valence-electron chi connectivity index (χ2n) is 4.96. The molecule has 2 N–H and O–H groups in total. The Labute approximate surface area is 138 Å². The van der Waals surface area contributed by atoms with Crippen molar-refractivity contribution in [1.29, 1.82) is 0 Å². The molecule has 0 bridgehead atoms. The summed E-state index contributed by atoms with van der Waals surface area (Å²) in [6.07, 6.45) is 0.701. The summed E-state index contributed by atoms with van der Waals surface area (Å²) in [4.78, 5) is 0. The average Bonchev–Trinajstić information content (AvgIpc) is 2.45. The second-order valence-corrected chi connectivity index (χ2v) is 5.77. The van der Waals surface area contributed by atoms with Crippen LogP contribution in [0.3, 0.4) is 0 Å². The minimum atomic E-state index is -0.476. The third-order valence-electron chi connectivity index (χ3n) is 3.01. The highest BCUT2D eigenvalue weighted by molar-refractivity contribution is 7.80. The maximum atomic E-state index is 13.1. The van der Waals surface area contributed by atoms with Gasteiger partial charge in [0.05, 0.1) is 5.02 Å². The lowest BCUT2D eigenvalue weighted by atomic mass is 10.1. The van der Waals surface area contributed by atoms with Gasteiger partial charge in [-0.3, -0.25) is 0 Å². The maximum absolute atomic E-state index is 13.1. The molecule has 6 heteroatoms. The van der Waals surface area contributed by atoms with E-state index in [0.717, 1.165) is 5.56 Å². The molecule has 2 aromatic carbocycles. The second kappa shape index (κ2) is 7.51. The normalized spacial score (nSPS) is 11.8. The zero-order valence-corrected chi connectivity index (χ0v) is 13.4. The van der Waals surface area contributed by atoms with Crippen LogP contribution in [0.25, 0.3) is 0 Å². The van der Waals surface area contributed by atoms with Gasteiger partial charge in [-0.25, -0.2) is 8.78 Å². The topological polar surface area (TPSA) is 24.1 Å². The minimum absolute atomic E-state index is 0.0344. The highest BCUT2D eigenvalue weighted by Crippen LogP contribution is 2.19. The van der Waals surface area contributed by atoms with Crippen molar-refractivity contribution in [2.75, 3.05) is 5.32 Å². The molecule has 0 fully saturated rings. The van der Waals surface area contributed by atoms with Crippen molar-refractivity contribution in [2.24, 2.45) is 0 Å². The predicted octanol–water partition coefficient (Wildman–Crippen LogP) is 4.54. The Morgan fingerprint density at radius 1 is 1.18 bits per heavy atom. The summed E-state index contributed by atoms with van der Waals surface area (Å²) in [5.74, 6) is -0.731. The molecule has 0 saturated carbocycles. The Morgan fingerprint density at radius 2 is 1.86 bits per heavy atom. The first-order valence-electron chi connectivity index (χ1n) is 6.71. The number of benzene rings is 2. The molecule has 0 aromatic heterocycles. The van der Waals surface area contributed by atoms with Crippen LogP contribution in [0, 0.1) is 11.6 Å². The van der Waals surface area contributed by atoms with Gasteiger partial charge in [-0.15, -0.1) is 0 Å². The van der Waals surface area contributed by atoms with Crippen LogP contribution in [-0.4, -0.2) is 11.2 Å². The Hall–Kier alpha value is -1.72. The van der Waals surface area contributed by atoms with E-state index in [0.29, 0.717) is 17.2 Å². The van der Waals surface area contributed by atoms with E-state index in [2.05, 4.69) is 10.6 Å². The van der Waals surface area contributed by atoms with Gasteiger partial charge in [0.1, 0.15) is 11.6 Å². The van der Waals surface area contributed by atoms with Gasteiger partial charge in [-0.05, 0) is 61.5 Å². The fourth-order valence-electron chi connectivity index (χ4n) is 1.99. The standard InChI is InChI=1S/C16H15ClF2N2S/c1-10(8-11-2-4-12(18)5-3-11)20-16(22)21-13-6-7-15(19)14(17)9-13/h2-7,9-10H,8H2,1H3,(H2,20,21,22)/t10-/m1/s1. The van der Waals surface area contributed by atoms with E-state index >= 15 is 0 Å². The molecule has 0 heterocycles. The summed E-state index contributed by atoms with van der Waals surface area (Å²) in [6, 6.07) is 10.7. The van der Waals surface area contributed by atoms with Gasteiger partial charge in [-0.2, -0.15) is 0 Å². The average molecular weight is 341 g/mol. The third-order valence-corrected chi connectivity index (χ3v) is 3.52. The molecule has 22 heavy (non-hydrogen) atoms. The van der Waals surface area contributed by atoms with E-state index in [4.69, 9.17) is 23.8 Å². The van der Waals surface area contributed by atoms with E-state index in [-0.39, 0.29) is 16.9 Å². The van der Waals surface area contributed by atoms with Crippen LogP contribution in [0.1, 0.15) is 12.5 Å². The zero-order valence-electron chi connectivity index (χ0n) is 11.9. The van der Waals surface area contributed by atoms with E-state index in [1.54, 1.807) is 18.2 Å². The zero-order chi connectivity index (χ0) is 16.1. The van der Waals surface area contributed by atoms with Crippen LogP contribution in [0.2, 0.25) is 5.02 Å². The molecular weight excluding hydrogens is 326 g/mol. The quantitative estimate of drug-likeness (QED) is 0.799. The largest absolute Gasteiger partial charge is 0.360 e. The molecule has 0 aliphatic rings. The number of hydrogen-bond acceptors (Lipinski definition) is 1. The number of thiocarbonyl (C=S) groups is 1. The molecule has 0 aliphatic carbocycles.